The van der Waals surface area contributed by atoms with Crippen LogP contribution in [-0.4, -0.2) is 11.9 Å². The summed E-state index contributed by atoms with van der Waals surface area (Å²) in [7, 11) is 0. The fourth-order valence-corrected chi connectivity index (χ4v) is 4.02. The quantitative estimate of drug-likeness (QED) is 0.657. The van der Waals surface area contributed by atoms with Crippen molar-refractivity contribution in [2.24, 2.45) is 0 Å². The average molecular weight is 356 g/mol. The molecule has 0 aromatic heterocycles. The zero-order valence-corrected chi connectivity index (χ0v) is 15.7. The summed E-state index contributed by atoms with van der Waals surface area (Å²) in [6.45, 7) is 3.76. The summed E-state index contributed by atoms with van der Waals surface area (Å²) in [6.07, 6.45) is 0.886. The molecule has 1 amide bonds. The van der Waals surface area contributed by atoms with Gasteiger partial charge in [0.2, 0.25) is 5.91 Å². The largest absolute Gasteiger partial charge is 0.378 e. The third-order valence-electron chi connectivity index (χ3n) is 5.26. The third-order valence-corrected chi connectivity index (χ3v) is 5.26. The molecule has 0 fully saturated rings. The number of fused-ring (bicyclic) bond motifs is 1. The maximum absolute atomic E-state index is 12.1. The van der Waals surface area contributed by atoms with Crippen molar-refractivity contribution in [3.63, 3.8) is 0 Å². The van der Waals surface area contributed by atoms with Crippen LogP contribution in [0.2, 0.25) is 0 Å². The van der Waals surface area contributed by atoms with Crippen molar-refractivity contribution >= 4 is 17.3 Å². The van der Waals surface area contributed by atoms with Gasteiger partial charge in [0.25, 0.3) is 0 Å². The van der Waals surface area contributed by atoms with E-state index in [1.807, 2.05) is 29.2 Å². The molecule has 0 unspecified atom stereocenters. The monoisotopic (exact) mass is 356 g/mol. The molecule has 3 aromatic carbocycles. The summed E-state index contributed by atoms with van der Waals surface area (Å²) in [6, 6.07) is 27.5. The van der Waals surface area contributed by atoms with Gasteiger partial charge in [-0.2, -0.15) is 0 Å². The molecule has 1 heterocycles. The van der Waals surface area contributed by atoms with Gasteiger partial charge >= 0.3 is 0 Å². The first kappa shape index (κ1) is 17.3. The zero-order valence-electron chi connectivity index (χ0n) is 15.7. The number of hydrogen-bond donors (Lipinski definition) is 1. The van der Waals surface area contributed by atoms with E-state index in [1.54, 1.807) is 6.92 Å². The van der Waals surface area contributed by atoms with E-state index in [-0.39, 0.29) is 18.0 Å². The van der Waals surface area contributed by atoms with E-state index in [2.05, 4.69) is 66.8 Å². The van der Waals surface area contributed by atoms with Gasteiger partial charge in [0.15, 0.2) is 0 Å². The third kappa shape index (κ3) is 3.45. The molecule has 3 heteroatoms. The van der Waals surface area contributed by atoms with E-state index in [0.29, 0.717) is 0 Å². The molecule has 0 spiro atoms. The molecular weight excluding hydrogens is 332 g/mol. The molecule has 4 rings (SSSR count). The van der Waals surface area contributed by atoms with Gasteiger partial charge in [-0.15, -0.1) is 0 Å². The first-order chi connectivity index (χ1) is 13.1. The van der Waals surface area contributed by atoms with Gasteiger partial charge in [-0.25, -0.2) is 0 Å². The van der Waals surface area contributed by atoms with Crippen LogP contribution in [0.15, 0.2) is 78.9 Å². The Balaban J connectivity index is 1.59. The first-order valence-corrected chi connectivity index (χ1v) is 9.44. The maximum atomic E-state index is 12.1. The van der Waals surface area contributed by atoms with Crippen LogP contribution < -0.4 is 10.2 Å². The van der Waals surface area contributed by atoms with Crippen LogP contribution in [0.3, 0.4) is 0 Å². The summed E-state index contributed by atoms with van der Waals surface area (Å²) < 4.78 is 0. The zero-order chi connectivity index (χ0) is 18.8. The second-order valence-electron chi connectivity index (χ2n) is 7.17. The highest BCUT2D eigenvalue weighted by atomic mass is 16.2. The van der Waals surface area contributed by atoms with Crippen LogP contribution in [0.5, 0.6) is 0 Å². The van der Waals surface area contributed by atoms with Crippen LogP contribution >= 0.6 is 0 Å². The van der Waals surface area contributed by atoms with Crippen molar-refractivity contribution < 1.29 is 4.79 Å². The number of hydrogen-bond acceptors (Lipinski definition) is 2. The molecule has 3 aromatic rings. The number of benzene rings is 3. The summed E-state index contributed by atoms with van der Waals surface area (Å²) in [4.78, 5) is 14.0. The summed E-state index contributed by atoms with van der Waals surface area (Å²) >= 11 is 0. The van der Waals surface area contributed by atoms with Crippen molar-refractivity contribution in [3.05, 3.63) is 84.4 Å². The van der Waals surface area contributed by atoms with Crippen molar-refractivity contribution in [1.29, 1.82) is 0 Å². The second-order valence-corrected chi connectivity index (χ2v) is 7.17. The van der Waals surface area contributed by atoms with Crippen LogP contribution in [0.25, 0.3) is 11.1 Å². The number of nitrogens with zero attached hydrogens (tertiary/aromatic N) is 1. The Morgan fingerprint density at radius 3 is 2.22 bits per heavy atom. The van der Waals surface area contributed by atoms with Crippen LogP contribution in [0.1, 0.15) is 31.9 Å². The van der Waals surface area contributed by atoms with Crippen LogP contribution in [0, 0.1) is 0 Å². The minimum atomic E-state index is 0.0978. The molecule has 2 atom stereocenters. The molecular formula is C24H24N2O. The topological polar surface area (TPSA) is 32.3 Å². The smallest absolute Gasteiger partial charge is 0.224 e. The van der Waals surface area contributed by atoms with Crippen LogP contribution in [0.4, 0.5) is 11.4 Å². The normalized spacial score (nSPS) is 18.7. The van der Waals surface area contributed by atoms with E-state index < -0.39 is 0 Å². The van der Waals surface area contributed by atoms with Gasteiger partial charge in [0, 0.05) is 24.3 Å². The molecule has 1 aliphatic heterocycles. The van der Waals surface area contributed by atoms with E-state index in [1.165, 1.54) is 16.7 Å². The van der Waals surface area contributed by atoms with Gasteiger partial charge in [0.05, 0.1) is 6.04 Å². The summed E-state index contributed by atoms with van der Waals surface area (Å²) in [5.41, 5.74) is 5.72. The lowest BCUT2D eigenvalue weighted by atomic mass is 9.91. The number of anilines is 2. The first-order valence-electron chi connectivity index (χ1n) is 9.44. The fourth-order valence-electron chi connectivity index (χ4n) is 4.02. The van der Waals surface area contributed by atoms with Crippen LogP contribution in [-0.2, 0) is 4.79 Å². The van der Waals surface area contributed by atoms with E-state index in [4.69, 9.17) is 0 Å². The number of amides is 1. The van der Waals surface area contributed by atoms with Crippen molar-refractivity contribution in [1.82, 2.24) is 0 Å². The lowest BCUT2D eigenvalue weighted by Crippen LogP contribution is -2.43. The molecule has 0 saturated heterocycles. The number of carbonyl (C=O) groups is 1. The highest BCUT2D eigenvalue weighted by Crippen LogP contribution is 2.39. The SMILES string of the molecule is CC(=O)N1c2ccccc2[C@H](Nc2ccc(-c3ccccc3)cc2)C[C@@H]1C. The van der Waals surface area contributed by atoms with E-state index >= 15 is 0 Å². The standard InChI is InChI=1S/C24H24N2O/c1-17-16-23(22-10-6-7-11-24(22)26(17)18(2)27)25-21-14-12-20(13-15-21)19-8-4-3-5-9-19/h3-15,17,23,25H,16H2,1-2H3/t17-,23+/m0/s1. The Labute approximate surface area is 160 Å². The van der Waals surface area contributed by atoms with E-state index in [9.17, 15) is 4.79 Å². The van der Waals surface area contributed by atoms with Crippen molar-refractivity contribution in [3.8, 4) is 11.1 Å². The summed E-state index contributed by atoms with van der Waals surface area (Å²) in [5.74, 6) is 0.0978. The number of rotatable bonds is 3. The molecule has 136 valence electrons. The van der Waals surface area contributed by atoms with E-state index in [0.717, 1.165) is 17.8 Å². The van der Waals surface area contributed by atoms with Gasteiger partial charge in [-0.3, -0.25) is 4.79 Å². The van der Waals surface area contributed by atoms with Gasteiger partial charge in [-0.05, 0) is 48.2 Å². The fraction of sp³-hybridized carbons (Fsp3) is 0.208. The Morgan fingerprint density at radius 2 is 1.52 bits per heavy atom. The van der Waals surface area contributed by atoms with Crippen molar-refractivity contribution in [2.75, 3.05) is 10.2 Å². The Kier molecular flexibility index (Phi) is 4.68. The van der Waals surface area contributed by atoms with Gasteiger partial charge in [0.1, 0.15) is 0 Å². The minimum absolute atomic E-state index is 0.0978. The molecule has 1 N–H and O–H groups in total. The summed E-state index contributed by atoms with van der Waals surface area (Å²) in [5, 5.41) is 3.67. The molecule has 3 nitrogen and oxygen atoms in total. The lowest BCUT2D eigenvalue weighted by molar-refractivity contribution is -0.117. The van der Waals surface area contributed by atoms with Crippen molar-refractivity contribution in [2.45, 2.75) is 32.4 Å². The molecule has 0 bridgehead atoms. The number of carbonyl (C=O) groups excluding carboxylic acids is 1. The predicted octanol–water partition coefficient (Wildman–Crippen LogP) is 5.65. The molecule has 1 aliphatic rings. The number of nitrogens with one attached hydrogen (secondary N) is 1. The Morgan fingerprint density at radius 1 is 0.889 bits per heavy atom. The molecule has 0 aliphatic carbocycles. The Hall–Kier alpha value is -3.07. The maximum Gasteiger partial charge on any atom is 0.224 e. The Bertz CT molecular complexity index is 934. The second kappa shape index (κ2) is 7.28. The molecule has 0 saturated carbocycles. The highest BCUT2D eigenvalue weighted by molar-refractivity contribution is 5.93. The van der Waals surface area contributed by atoms with Gasteiger partial charge < -0.3 is 10.2 Å². The highest BCUT2D eigenvalue weighted by Gasteiger charge is 2.31. The minimum Gasteiger partial charge on any atom is -0.378 e. The number of para-hydroxylation sites is 1. The van der Waals surface area contributed by atoms with Gasteiger partial charge in [-0.1, -0.05) is 60.7 Å². The molecule has 27 heavy (non-hydrogen) atoms. The molecule has 0 radical (unpaired) electrons. The predicted molar refractivity (Wildman–Crippen MR) is 112 cm³/mol. The lowest BCUT2D eigenvalue weighted by Gasteiger charge is -2.39. The average Bonchev–Trinajstić information content (AvgIpc) is 2.69.